The molecule has 0 aliphatic carbocycles. The van der Waals surface area contributed by atoms with Gasteiger partial charge in [0.05, 0.1) is 19.9 Å². The van der Waals surface area contributed by atoms with Gasteiger partial charge in [0.1, 0.15) is 11.5 Å². The monoisotopic (exact) mass is 393 g/mol. The molecule has 1 heterocycles. The second-order valence-corrected chi connectivity index (χ2v) is 6.55. The number of aromatic nitrogens is 2. The minimum absolute atomic E-state index is 0.658. The average molecular weight is 393 g/mol. The Morgan fingerprint density at radius 2 is 1.93 bits per heavy atom. The van der Waals surface area contributed by atoms with Crippen LogP contribution in [0.15, 0.2) is 65.9 Å². The molecule has 3 rings (SSSR count). The molecule has 1 N–H and O–H groups in total. The summed E-state index contributed by atoms with van der Waals surface area (Å²) in [6, 6.07) is 16.0. The summed E-state index contributed by atoms with van der Waals surface area (Å²) in [5.74, 6) is 2.37. The first-order valence-corrected chi connectivity index (χ1v) is 9.36. The third-order valence-electron chi connectivity index (χ3n) is 4.63. The number of aliphatic imine (C=N–C) groups is 1. The topological polar surface area (TPSA) is 63.9 Å². The fourth-order valence-electron chi connectivity index (χ4n) is 3.07. The van der Waals surface area contributed by atoms with Crippen molar-refractivity contribution in [2.45, 2.75) is 13.1 Å². The second-order valence-electron chi connectivity index (χ2n) is 6.55. The van der Waals surface area contributed by atoms with Gasteiger partial charge in [-0.1, -0.05) is 12.1 Å². The third kappa shape index (κ3) is 5.07. The Balaban J connectivity index is 1.61. The number of benzene rings is 2. The van der Waals surface area contributed by atoms with Crippen LogP contribution < -0.4 is 14.8 Å². The zero-order valence-electron chi connectivity index (χ0n) is 17.3. The average Bonchev–Trinajstić information content (AvgIpc) is 3.30. The highest BCUT2D eigenvalue weighted by Crippen LogP contribution is 2.25. The van der Waals surface area contributed by atoms with Crippen LogP contribution in [0, 0.1) is 0 Å². The van der Waals surface area contributed by atoms with Crippen molar-refractivity contribution in [1.29, 1.82) is 0 Å². The highest BCUT2D eigenvalue weighted by molar-refractivity contribution is 5.79. The molecule has 0 fully saturated rings. The molecule has 0 bridgehead atoms. The van der Waals surface area contributed by atoms with Crippen molar-refractivity contribution in [1.82, 2.24) is 20.0 Å². The van der Waals surface area contributed by atoms with Gasteiger partial charge in [0.25, 0.3) is 0 Å². The van der Waals surface area contributed by atoms with E-state index in [-0.39, 0.29) is 0 Å². The predicted octanol–water partition coefficient (Wildman–Crippen LogP) is 3.10. The molecule has 0 radical (unpaired) electrons. The lowest BCUT2D eigenvalue weighted by Crippen LogP contribution is -2.38. The molecule has 2 aromatic carbocycles. The van der Waals surface area contributed by atoms with Crippen molar-refractivity contribution in [3.63, 3.8) is 0 Å². The summed E-state index contributed by atoms with van der Waals surface area (Å²) < 4.78 is 12.6. The zero-order valence-corrected chi connectivity index (χ0v) is 17.3. The third-order valence-corrected chi connectivity index (χ3v) is 4.63. The molecule has 0 saturated heterocycles. The van der Waals surface area contributed by atoms with E-state index < -0.39 is 0 Å². The van der Waals surface area contributed by atoms with E-state index in [4.69, 9.17) is 9.47 Å². The summed E-state index contributed by atoms with van der Waals surface area (Å²) in [5.41, 5.74) is 3.26. The van der Waals surface area contributed by atoms with E-state index in [1.165, 1.54) is 0 Å². The van der Waals surface area contributed by atoms with Crippen LogP contribution in [0.5, 0.6) is 11.5 Å². The molecule has 7 heteroatoms. The first kappa shape index (κ1) is 20.3. The lowest BCUT2D eigenvalue weighted by Gasteiger charge is -2.23. The van der Waals surface area contributed by atoms with Crippen LogP contribution in [-0.2, 0) is 13.1 Å². The lowest BCUT2D eigenvalue weighted by molar-refractivity contribution is 0.382. The van der Waals surface area contributed by atoms with E-state index >= 15 is 0 Å². The maximum absolute atomic E-state index is 5.50. The van der Waals surface area contributed by atoms with Gasteiger partial charge in [-0.05, 0) is 35.9 Å². The van der Waals surface area contributed by atoms with Crippen LogP contribution in [-0.4, -0.2) is 49.0 Å². The Bertz CT molecular complexity index is 936. The van der Waals surface area contributed by atoms with Crippen molar-refractivity contribution >= 4 is 5.96 Å². The SMILES string of the molecule is CN=C(NCc1ccc(-n2cccn2)cc1)N(C)Cc1ccc(OC)cc1OC. The molecule has 29 heavy (non-hydrogen) atoms. The standard InChI is InChI=1S/C22H27N5O2/c1-23-22(26(2)16-18-8-11-20(28-3)14-21(18)29-4)24-15-17-6-9-19(10-7-17)27-13-5-12-25-27/h5-14H,15-16H2,1-4H3,(H,23,24). The summed E-state index contributed by atoms with van der Waals surface area (Å²) in [4.78, 5) is 6.46. The van der Waals surface area contributed by atoms with Crippen LogP contribution >= 0.6 is 0 Å². The van der Waals surface area contributed by atoms with Gasteiger partial charge in [-0.15, -0.1) is 0 Å². The second kappa shape index (κ2) is 9.64. The number of nitrogens with one attached hydrogen (secondary N) is 1. The molecule has 0 atom stereocenters. The fraction of sp³-hybridized carbons (Fsp3) is 0.273. The maximum atomic E-state index is 5.50. The first-order valence-electron chi connectivity index (χ1n) is 9.36. The molecule has 0 aliphatic rings. The molecule has 0 unspecified atom stereocenters. The van der Waals surface area contributed by atoms with Crippen LogP contribution in [0.1, 0.15) is 11.1 Å². The lowest BCUT2D eigenvalue weighted by atomic mass is 10.2. The summed E-state index contributed by atoms with van der Waals surface area (Å²) in [7, 11) is 7.09. The smallest absolute Gasteiger partial charge is 0.193 e. The van der Waals surface area contributed by atoms with Gasteiger partial charge in [0.15, 0.2) is 5.96 Å². The van der Waals surface area contributed by atoms with E-state index in [9.17, 15) is 0 Å². The van der Waals surface area contributed by atoms with Gasteiger partial charge >= 0.3 is 0 Å². The number of hydrogen-bond acceptors (Lipinski definition) is 4. The van der Waals surface area contributed by atoms with Crippen LogP contribution in [0.3, 0.4) is 0 Å². The van der Waals surface area contributed by atoms with Crippen LogP contribution in [0.2, 0.25) is 0 Å². The van der Waals surface area contributed by atoms with E-state index in [1.54, 1.807) is 27.5 Å². The molecule has 0 spiro atoms. The predicted molar refractivity (Wildman–Crippen MR) is 115 cm³/mol. The van der Waals surface area contributed by atoms with Crippen molar-refractivity contribution in [3.05, 3.63) is 72.1 Å². The Morgan fingerprint density at radius 1 is 1.14 bits per heavy atom. The quantitative estimate of drug-likeness (QED) is 0.494. The minimum Gasteiger partial charge on any atom is -0.497 e. The number of methoxy groups -OCH3 is 2. The largest absolute Gasteiger partial charge is 0.497 e. The molecule has 7 nitrogen and oxygen atoms in total. The molecular weight excluding hydrogens is 366 g/mol. The van der Waals surface area contributed by atoms with E-state index in [2.05, 4.69) is 44.6 Å². The van der Waals surface area contributed by atoms with Gasteiger partial charge in [0, 0.05) is 51.2 Å². The number of hydrogen-bond donors (Lipinski definition) is 1. The van der Waals surface area contributed by atoms with Crippen LogP contribution in [0.4, 0.5) is 0 Å². The van der Waals surface area contributed by atoms with Gasteiger partial charge in [-0.25, -0.2) is 4.68 Å². The normalized spacial score (nSPS) is 11.2. The van der Waals surface area contributed by atoms with Gasteiger partial charge in [-0.2, -0.15) is 5.10 Å². The number of nitrogens with zero attached hydrogens (tertiary/aromatic N) is 4. The van der Waals surface area contributed by atoms with Gasteiger partial charge in [0.2, 0.25) is 0 Å². The Hall–Kier alpha value is -3.48. The zero-order chi connectivity index (χ0) is 20.6. The molecule has 3 aromatic rings. The van der Waals surface area contributed by atoms with Gasteiger partial charge in [-0.3, -0.25) is 4.99 Å². The molecule has 0 saturated carbocycles. The summed E-state index contributed by atoms with van der Waals surface area (Å²) in [5, 5.41) is 7.66. The van der Waals surface area contributed by atoms with Crippen molar-refractivity contribution < 1.29 is 9.47 Å². The molecular formula is C22H27N5O2. The highest BCUT2D eigenvalue weighted by Gasteiger charge is 2.11. The van der Waals surface area contributed by atoms with Crippen molar-refractivity contribution in [2.24, 2.45) is 4.99 Å². The first-order chi connectivity index (χ1) is 14.1. The highest BCUT2D eigenvalue weighted by atomic mass is 16.5. The Kier molecular flexibility index (Phi) is 6.73. The Morgan fingerprint density at radius 3 is 2.55 bits per heavy atom. The molecule has 0 amide bonds. The van der Waals surface area contributed by atoms with E-state index in [0.717, 1.165) is 34.3 Å². The van der Waals surface area contributed by atoms with Crippen LogP contribution in [0.25, 0.3) is 5.69 Å². The van der Waals surface area contributed by atoms with E-state index in [1.807, 2.05) is 42.2 Å². The van der Waals surface area contributed by atoms with E-state index in [0.29, 0.717) is 13.1 Å². The Labute approximate surface area is 171 Å². The maximum Gasteiger partial charge on any atom is 0.193 e. The number of rotatable bonds is 7. The minimum atomic E-state index is 0.658. The number of guanidine groups is 1. The molecule has 152 valence electrons. The fourth-order valence-corrected chi connectivity index (χ4v) is 3.07. The van der Waals surface area contributed by atoms with Crippen molar-refractivity contribution in [3.8, 4) is 17.2 Å². The summed E-state index contributed by atoms with van der Waals surface area (Å²) in [6.45, 7) is 1.33. The summed E-state index contributed by atoms with van der Waals surface area (Å²) in [6.07, 6.45) is 3.70. The van der Waals surface area contributed by atoms with Gasteiger partial charge < -0.3 is 19.7 Å². The number of ether oxygens (including phenoxy) is 2. The molecule has 1 aromatic heterocycles. The van der Waals surface area contributed by atoms with Crippen molar-refractivity contribution in [2.75, 3.05) is 28.3 Å². The molecule has 0 aliphatic heterocycles. The summed E-state index contributed by atoms with van der Waals surface area (Å²) >= 11 is 0.